The van der Waals surface area contributed by atoms with E-state index in [0.717, 1.165) is 5.56 Å². The number of rotatable bonds is 3. The Kier molecular flexibility index (Phi) is 3.39. The van der Waals surface area contributed by atoms with E-state index in [4.69, 9.17) is 5.11 Å². The first kappa shape index (κ1) is 10.9. The largest absolute Gasteiger partial charge is 0.477 e. The van der Waals surface area contributed by atoms with Gasteiger partial charge in [-0.2, -0.15) is 0 Å². The van der Waals surface area contributed by atoms with E-state index in [0.29, 0.717) is 4.43 Å². The predicted molar refractivity (Wildman–Crippen MR) is 57.8 cm³/mol. The van der Waals surface area contributed by atoms with E-state index in [1.807, 2.05) is 0 Å². The van der Waals surface area contributed by atoms with E-state index < -0.39 is 10.9 Å². The van der Waals surface area contributed by atoms with Crippen molar-refractivity contribution in [1.29, 1.82) is 0 Å². The fourth-order valence-electron chi connectivity index (χ4n) is 0.997. The minimum atomic E-state index is -1.27. The Morgan fingerprint density at radius 2 is 2.21 bits per heavy atom. The Morgan fingerprint density at radius 3 is 2.64 bits per heavy atom. The van der Waals surface area contributed by atoms with Crippen LogP contribution >= 0.6 is 22.6 Å². The first-order valence-corrected chi connectivity index (χ1v) is 5.15. The van der Waals surface area contributed by atoms with Gasteiger partial charge in [-0.1, -0.05) is 28.7 Å². The van der Waals surface area contributed by atoms with Gasteiger partial charge in [0.05, 0.1) is 4.92 Å². The molecule has 0 aliphatic heterocycles. The molecule has 0 atom stereocenters. The van der Waals surface area contributed by atoms with Gasteiger partial charge in [-0.15, -0.1) is 0 Å². The molecule has 0 saturated heterocycles. The summed E-state index contributed by atoms with van der Waals surface area (Å²) in [5.41, 5.74) is 0.129. The predicted octanol–water partition coefficient (Wildman–Crippen LogP) is 2.23. The topological polar surface area (TPSA) is 80.4 Å². The summed E-state index contributed by atoms with van der Waals surface area (Å²) in [5.74, 6) is -1.27. The summed E-state index contributed by atoms with van der Waals surface area (Å²) >= 11 is 2.06. The molecule has 0 saturated carbocycles. The number of aromatic carboxylic acids is 1. The number of nitrogens with zero attached hydrogens (tertiary/aromatic N) is 1. The zero-order valence-electron chi connectivity index (χ0n) is 6.94. The summed E-state index contributed by atoms with van der Waals surface area (Å²) < 4.78 is 0.621. The number of nitro groups is 1. The molecule has 0 aliphatic carbocycles. The van der Waals surface area contributed by atoms with Gasteiger partial charge in [0.15, 0.2) is 0 Å². The van der Waals surface area contributed by atoms with Crippen molar-refractivity contribution in [3.63, 3.8) is 0 Å². The van der Waals surface area contributed by atoms with Crippen molar-refractivity contribution in [2.45, 2.75) is 4.43 Å². The van der Waals surface area contributed by atoms with Gasteiger partial charge in [-0.05, 0) is 11.6 Å². The maximum Gasteiger partial charge on any atom is 0.342 e. The molecule has 0 radical (unpaired) electrons. The van der Waals surface area contributed by atoms with Gasteiger partial charge in [-0.3, -0.25) is 10.1 Å². The Hall–Kier alpha value is -1.18. The first-order chi connectivity index (χ1) is 6.56. The van der Waals surface area contributed by atoms with Crippen LogP contribution in [-0.2, 0) is 4.43 Å². The summed E-state index contributed by atoms with van der Waals surface area (Å²) in [6.07, 6.45) is 0. The second-order valence-electron chi connectivity index (χ2n) is 2.55. The highest BCUT2D eigenvalue weighted by molar-refractivity contribution is 14.1. The molecular weight excluding hydrogens is 301 g/mol. The van der Waals surface area contributed by atoms with Crippen LogP contribution in [-0.4, -0.2) is 16.0 Å². The summed E-state index contributed by atoms with van der Waals surface area (Å²) in [6.45, 7) is 0. The Balaban J connectivity index is 3.31. The van der Waals surface area contributed by atoms with Gasteiger partial charge in [0, 0.05) is 10.5 Å². The lowest BCUT2D eigenvalue weighted by Gasteiger charge is -1.99. The van der Waals surface area contributed by atoms with Crippen LogP contribution in [0.3, 0.4) is 0 Å². The molecule has 0 unspecified atom stereocenters. The molecule has 6 heteroatoms. The highest BCUT2D eigenvalue weighted by Crippen LogP contribution is 2.21. The third-order valence-electron chi connectivity index (χ3n) is 1.64. The summed E-state index contributed by atoms with van der Waals surface area (Å²) in [4.78, 5) is 20.5. The summed E-state index contributed by atoms with van der Waals surface area (Å²) in [5, 5.41) is 19.2. The number of benzene rings is 1. The number of alkyl halides is 1. The Morgan fingerprint density at radius 1 is 1.57 bits per heavy atom. The molecule has 0 heterocycles. The molecule has 14 heavy (non-hydrogen) atoms. The third-order valence-corrected chi connectivity index (χ3v) is 2.52. The van der Waals surface area contributed by atoms with Gasteiger partial charge in [0.25, 0.3) is 5.69 Å². The van der Waals surface area contributed by atoms with Crippen molar-refractivity contribution in [2.24, 2.45) is 0 Å². The monoisotopic (exact) mass is 307 g/mol. The van der Waals surface area contributed by atoms with Crippen LogP contribution in [0.5, 0.6) is 0 Å². The number of hydrogen-bond donors (Lipinski definition) is 1. The smallest absolute Gasteiger partial charge is 0.342 e. The number of halogens is 1. The van der Waals surface area contributed by atoms with Crippen LogP contribution in [0.1, 0.15) is 15.9 Å². The van der Waals surface area contributed by atoms with Crippen molar-refractivity contribution >= 4 is 34.2 Å². The molecule has 0 spiro atoms. The van der Waals surface area contributed by atoms with Crippen molar-refractivity contribution < 1.29 is 14.8 Å². The zero-order chi connectivity index (χ0) is 10.7. The third kappa shape index (κ3) is 2.19. The van der Waals surface area contributed by atoms with Crippen LogP contribution in [0.2, 0.25) is 0 Å². The van der Waals surface area contributed by atoms with E-state index in [9.17, 15) is 14.9 Å². The van der Waals surface area contributed by atoms with Crippen molar-refractivity contribution in [1.82, 2.24) is 0 Å². The van der Waals surface area contributed by atoms with E-state index in [2.05, 4.69) is 22.6 Å². The van der Waals surface area contributed by atoms with Gasteiger partial charge in [0.2, 0.25) is 0 Å². The minimum Gasteiger partial charge on any atom is -0.477 e. The molecule has 0 fully saturated rings. The fraction of sp³-hybridized carbons (Fsp3) is 0.125. The van der Waals surface area contributed by atoms with Crippen LogP contribution in [0.4, 0.5) is 5.69 Å². The van der Waals surface area contributed by atoms with Gasteiger partial charge < -0.3 is 5.11 Å². The minimum absolute atomic E-state index is 0.260. The number of carboxylic acids is 1. The molecule has 1 N–H and O–H groups in total. The van der Waals surface area contributed by atoms with Gasteiger partial charge in [-0.25, -0.2) is 4.79 Å². The van der Waals surface area contributed by atoms with Gasteiger partial charge in [0.1, 0.15) is 5.56 Å². The van der Waals surface area contributed by atoms with Crippen molar-refractivity contribution in [3.05, 3.63) is 39.4 Å². The molecule has 0 amide bonds. The molecule has 1 rings (SSSR count). The molecule has 0 aliphatic rings. The van der Waals surface area contributed by atoms with E-state index >= 15 is 0 Å². The van der Waals surface area contributed by atoms with E-state index in [1.165, 1.54) is 12.1 Å². The molecule has 1 aromatic rings. The molecule has 1 aromatic carbocycles. The SMILES string of the molecule is O=C(O)c1cc(CI)ccc1[N+](=O)[O-]. The highest BCUT2D eigenvalue weighted by atomic mass is 127. The Bertz CT molecular complexity index is 391. The van der Waals surface area contributed by atoms with E-state index in [-0.39, 0.29) is 11.3 Å². The standard InChI is InChI=1S/C8H6INO4/c9-4-5-1-2-7(10(13)14)6(3-5)8(11)12/h1-3H,4H2,(H,11,12). The lowest BCUT2D eigenvalue weighted by molar-refractivity contribution is -0.385. The van der Waals surface area contributed by atoms with Crippen LogP contribution < -0.4 is 0 Å². The number of carboxylic acid groups (broad SMARTS) is 1. The van der Waals surface area contributed by atoms with Crippen molar-refractivity contribution in [3.8, 4) is 0 Å². The second-order valence-corrected chi connectivity index (χ2v) is 3.31. The quantitative estimate of drug-likeness (QED) is 0.402. The lowest BCUT2D eigenvalue weighted by Crippen LogP contribution is -2.03. The number of carbonyl (C=O) groups is 1. The molecule has 74 valence electrons. The first-order valence-electron chi connectivity index (χ1n) is 3.63. The average Bonchev–Trinajstić information content (AvgIpc) is 2.16. The second kappa shape index (κ2) is 4.36. The van der Waals surface area contributed by atoms with Crippen LogP contribution in [0.15, 0.2) is 18.2 Å². The summed E-state index contributed by atoms with van der Waals surface area (Å²) in [7, 11) is 0. The molecule has 5 nitrogen and oxygen atoms in total. The van der Waals surface area contributed by atoms with Crippen LogP contribution in [0, 0.1) is 10.1 Å². The maximum atomic E-state index is 10.7. The highest BCUT2D eigenvalue weighted by Gasteiger charge is 2.19. The maximum absolute atomic E-state index is 10.7. The average molecular weight is 307 g/mol. The van der Waals surface area contributed by atoms with Crippen molar-refractivity contribution in [2.75, 3.05) is 0 Å². The number of nitro benzene ring substituents is 1. The van der Waals surface area contributed by atoms with Crippen LogP contribution in [0.25, 0.3) is 0 Å². The lowest BCUT2D eigenvalue weighted by atomic mass is 10.1. The normalized spacial score (nSPS) is 9.79. The Labute approximate surface area is 93.0 Å². The summed E-state index contributed by atoms with van der Waals surface area (Å²) in [6, 6.07) is 4.10. The molecule has 0 bridgehead atoms. The fourth-order valence-corrected chi connectivity index (χ4v) is 1.47. The van der Waals surface area contributed by atoms with E-state index in [1.54, 1.807) is 6.07 Å². The zero-order valence-corrected chi connectivity index (χ0v) is 9.09. The number of hydrogen-bond acceptors (Lipinski definition) is 3. The molecule has 0 aromatic heterocycles. The molecular formula is C8H6INO4. The van der Waals surface area contributed by atoms with Gasteiger partial charge >= 0.3 is 5.97 Å².